The molecule has 0 aliphatic heterocycles. The molecule has 0 atom stereocenters. The van der Waals surface area contributed by atoms with Crippen LogP contribution in [0.15, 0.2) is 154 Å². The average Bonchev–Trinajstić information content (AvgIpc) is 3.72. The van der Waals surface area contributed by atoms with E-state index in [1.54, 1.807) is 0 Å². The summed E-state index contributed by atoms with van der Waals surface area (Å²) in [7, 11) is 0. The summed E-state index contributed by atoms with van der Waals surface area (Å²) in [5.41, 5.74) is 11.9. The SMILES string of the molecule is N#Cc1ccccc1-c1ccc(-c2cc(-c3ccc4oc5ccccc5c4c3)cc(-c3ccc4oc5ccccc5c4c3)c2C#N)cc1. The van der Waals surface area contributed by atoms with Crippen LogP contribution in [0.1, 0.15) is 11.1 Å². The van der Waals surface area contributed by atoms with Gasteiger partial charge in [-0.05, 0) is 88.0 Å². The van der Waals surface area contributed by atoms with Crippen molar-refractivity contribution in [2.24, 2.45) is 0 Å². The Hall–Kier alpha value is -6.88. The third-order valence-electron chi connectivity index (χ3n) is 9.20. The van der Waals surface area contributed by atoms with E-state index in [0.717, 1.165) is 88.4 Å². The molecule has 0 radical (unpaired) electrons. The smallest absolute Gasteiger partial charge is 0.135 e. The third-order valence-corrected chi connectivity index (χ3v) is 9.20. The molecule has 0 N–H and O–H groups in total. The lowest BCUT2D eigenvalue weighted by Crippen LogP contribution is -1.93. The van der Waals surface area contributed by atoms with Crippen LogP contribution in [0.3, 0.4) is 0 Å². The first-order valence-corrected chi connectivity index (χ1v) is 15.7. The highest BCUT2D eigenvalue weighted by Crippen LogP contribution is 2.41. The Morgan fingerprint density at radius 2 is 0.833 bits per heavy atom. The predicted molar refractivity (Wildman–Crippen MR) is 192 cm³/mol. The Morgan fingerprint density at radius 1 is 0.354 bits per heavy atom. The average molecular weight is 613 g/mol. The van der Waals surface area contributed by atoms with E-state index in [1.807, 2.05) is 103 Å². The molecule has 0 aliphatic carbocycles. The van der Waals surface area contributed by atoms with Gasteiger partial charge in [0.2, 0.25) is 0 Å². The highest BCUT2D eigenvalue weighted by Gasteiger charge is 2.18. The van der Waals surface area contributed by atoms with Gasteiger partial charge in [-0.2, -0.15) is 10.5 Å². The Kier molecular flexibility index (Phi) is 6.22. The van der Waals surface area contributed by atoms with E-state index >= 15 is 0 Å². The fourth-order valence-corrected chi connectivity index (χ4v) is 6.85. The minimum Gasteiger partial charge on any atom is -0.456 e. The molecule has 9 rings (SSSR count). The van der Waals surface area contributed by atoms with Gasteiger partial charge in [-0.15, -0.1) is 0 Å². The second kappa shape index (κ2) is 10.9. The Morgan fingerprint density at radius 3 is 1.46 bits per heavy atom. The van der Waals surface area contributed by atoms with Crippen LogP contribution >= 0.6 is 0 Å². The fourth-order valence-electron chi connectivity index (χ4n) is 6.85. The van der Waals surface area contributed by atoms with Gasteiger partial charge in [0.1, 0.15) is 28.4 Å². The van der Waals surface area contributed by atoms with Crippen LogP contribution in [-0.4, -0.2) is 0 Å². The number of nitrogens with zero attached hydrogens (tertiary/aromatic N) is 2. The Bertz CT molecular complexity index is 2800. The maximum Gasteiger partial charge on any atom is 0.135 e. The molecular formula is C44H24N2O2. The van der Waals surface area contributed by atoms with Crippen LogP contribution in [0, 0.1) is 22.7 Å². The van der Waals surface area contributed by atoms with E-state index in [4.69, 9.17) is 8.83 Å². The first-order chi connectivity index (χ1) is 23.7. The van der Waals surface area contributed by atoms with E-state index in [9.17, 15) is 10.5 Å². The summed E-state index contributed by atoms with van der Waals surface area (Å²) in [4.78, 5) is 0. The summed E-state index contributed by atoms with van der Waals surface area (Å²) in [6.45, 7) is 0. The minimum absolute atomic E-state index is 0.589. The van der Waals surface area contributed by atoms with Gasteiger partial charge in [-0.25, -0.2) is 0 Å². The zero-order valence-corrected chi connectivity index (χ0v) is 25.6. The molecule has 48 heavy (non-hydrogen) atoms. The predicted octanol–water partition coefficient (Wildman–Crippen LogP) is 11.9. The van der Waals surface area contributed by atoms with Crippen LogP contribution in [0.2, 0.25) is 0 Å². The molecule has 9 aromatic rings. The normalized spacial score (nSPS) is 11.3. The molecule has 0 amide bonds. The van der Waals surface area contributed by atoms with Gasteiger partial charge in [0, 0.05) is 32.7 Å². The van der Waals surface area contributed by atoms with Gasteiger partial charge in [0.15, 0.2) is 0 Å². The summed E-state index contributed by atoms with van der Waals surface area (Å²) in [6, 6.07) is 53.3. The lowest BCUT2D eigenvalue weighted by Gasteiger charge is -2.15. The van der Waals surface area contributed by atoms with Gasteiger partial charge in [0.25, 0.3) is 0 Å². The summed E-state index contributed by atoms with van der Waals surface area (Å²) < 4.78 is 12.3. The molecule has 0 saturated carbocycles. The lowest BCUT2D eigenvalue weighted by atomic mass is 9.87. The van der Waals surface area contributed by atoms with Crippen LogP contribution in [0.25, 0.3) is 88.4 Å². The number of benzene rings is 7. The molecule has 2 aromatic heterocycles. The first-order valence-electron chi connectivity index (χ1n) is 15.7. The zero-order chi connectivity index (χ0) is 32.2. The van der Waals surface area contributed by atoms with E-state index in [1.165, 1.54) is 0 Å². The van der Waals surface area contributed by atoms with Crippen molar-refractivity contribution in [2.45, 2.75) is 0 Å². The maximum atomic E-state index is 10.7. The van der Waals surface area contributed by atoms with Crippen LogP contribution in [-0.2, 0) is 0 Å². The van der Waals surface area contributed by atoms with E-state index in [2.05, 4.69) is 54.6 Å². The standard InChI is InChI=1S/C44H24N2O2/c45-25-31-7-1-2-8-33(31)27-13-15-28(16-14-27)36-23-32(29-17-19-43-38(21-29)34-9-3-5-11-41(34)47-43)24-37(40(36)26-46)30-18-20-44-39(22-30)35-10-4-6-12-42(35)48-44/h1-24H. The zero-order valence-electron chi connectivity index (χ0n) is 25.6. The topological polar surface area (TPSA) is 73.9 Å². The summed E-state index contributed by atoms with van der Waals surface area (Å²) in [5, 5.41) is 24.6. The fraction of sp³-hybridized carbons (Fsp3) is 0. The van der Waals surface area contributed by atoms with Crippen molar-refractivity contribution in [1.29, 1.82) is 10.5 Å². The Balaban J connectivity index is 1.27. The molecule has 2 heterocycles. The molecule has 0 bridgehead atoms. The van der Waals surface area contributed by atoms with Crippen LogP contribution in [0.5, 0.6) is 0 Å². The molecule has 7 aromatic carbocycles. The number of para-hydroxylation sites is 2. The second-order valence-electron chi connectivity index (χ2n) is 11.9. The highest BCUT2D eigenvalue weighted by molar-refractivity contribution is 6.08. The summed E-state index contributed by atoms with van der Waals surface area (Å²) >= 11 is 0. The molecule has 4 nitrogen and oxygen atoms in total. The number of hydrogen-bond donors (Lipinski definition) is 0. The number of fused-ring (bicyclic) bond motifs is 6. The molecule has 0 saturated heterocycles. The van der Waals surface area contributed by atoms with Gasteiger partial charge in [-0.3, -0.25) is 0 Å². The molecule has 0 fully saturated rings. The molecular weight excluding hydrogens is 588 g/mol. The maximum absolute atomic E-state index is 10.7. The molecule has 0 aliphatic rings. The van der Waals surface area contributed by atoms with E-state index in [-0.39, 0.29) is 0 Å². The quantitative estimate of drug-likeness (QED) is 0.198. The molecule has 0 spiro atoms. The highest BCUT2D eigenvalue weighted by atomic mass is 16.3. The largest absolute Gasteiger partial charge is 0.456 e. The van der Waals surface area contributed by atoms with Crippen molar-refractivity contribution < 1.29 is 8.83 Å². The minimum atomic E-state index is 0.589. The summed E-state index contributed by atoms with van der Waals surface area (Å²) in [6.07, 6.45) is 0. The lowest BCUT2D eigenvalue weighted by molar-refractivity contribution is 0.668. The molecule has 0 unspecified atom stereocenters. The first kappa shape index (κ1) is 27.4. The van der Waals surface area contributed by atoms with Gasteiger partial charge >= 0.3 is 0 Å². The van der Waals surface area contributed by atoms with Crippen LogP contribution in [0.4, 0.5) is 0 Å². The number of rotatable bonds is 4. The number of furan rings is 2. The van der Waals surface area contributed by atoms with E-state index in [0.29, 0.717) is 11.1 Å². The van der Waals surface area contributed by atoms with Crippen molar-refractivity contribution in [3.8, 4) is 56.6 Å². The van der Waals surface area contributed by atoms with Gasteiger partial charge in [-0.1, -0.05) is 91.0 Å². The van der Waals surface area contributed by atoms with Crippen molar-refractivity contribution in [3.05, 3.63) is 157 Å². The van der Waals surface area contributed by atoms with Crippen molar-refractivity contribution in [3.63, 3.8) is 0 Å². The summed E-state index contributed by atoms with van der Waals surface area (Å²) in [5.74, 6) is 0. The molecule has 222 valence electrons. The number of nitriles is 2. The Labute approximate surface area is 275 Å². The number of hydrogen-bond acceptors (Lipinski definition) is 4. The monoisotopic (exact) mass is 612 g/mol. The van der Waals surface area contributed by atoms with Crippen molar-refractivity contribution in [2.75, 3.05) is 0 Å². The van der Waals surface area contributed by atoms with Crippen LogP contribution < -0.4 is 0 Å². The van der Waals surface area contributed by atoms with Crippen molar-refractivity contribution >= 4 is 43.9 Å². The molecule has 4 heteroatoms. The van der Waals surface area contributed by atoms with Crippen molar-refractivity contribution in [1.82, 2.24) is 0 Å². The van der Waals surface area contributed by atoms with Gasteiger partial charge < -0.3 is 8.83 Å². The second-order valence-corrected chi connectivity index (χ2v) is 11.9. The van der Waals surface area contributed by atoms with Gasteiger partial charge in [0.05, 0.1) is 17.2 Å². The van der Waals surface area contributed by atoms with E-state index < -0.39 is 0 Å². The third kappa shape index (κ3) is 4.36.